The highest BCUT2D eigenvalue weighted by Crippen LogP contribution is 2.43. The minimum atomic E-state index is -0.593. The molecular weight excluding hydrogens is 458 g/mol. The lowest BCUT2D eigenvalue weighted by Gasteiger charge is -2.37. The number of aromatic nitrogens is 4. The van der Waals surface area contributed by atoms with E-state index in [1.54, 1.807) is 35.2 Å². The lowest BCUT2D eigenvalue weighted by atomic mass is 9.71. The fourth-order valence-corrected chi connectivity index (χ4v) is 5.56. The molecule has 4 aromatic rings. The zero-order valence-corrected chi connectivity index (χ0v) is 20.5. The summed E-state index contributed by atoms with van der Waals surface area (Å²) in [5.74, 6) is 0.846. The van der Waals surface area contributed by atoms with Gasteiger partial charge >= 0.3 is 0 Å². The molecule has 0 aliphatic heterocycles. The van der Waals surface area contributed by atoms with Crippen LogP contribution in [0.2, 0.25) is 0 Å². The van der Waals surface area contributed by atoms with Crippen molar-refractivity contribution in [3.8, 4) is 11.3 Å². The highest BCUT2D eigenvalue weighted by molar-refractivity contribution is 5.66. The van der Waals surface area contributed by atoms with Gasteiger partial charge in [0.15, 0.2) is 0 Å². The molecule has 0 spiro atoms. The van der Waals surface area contributed by atoms with Crippen LogP contribution in [0, 0.1) is 23.5 Å². The summed E-state index contributed by atoms with van der Waals surface area (Å²) in [5, 5.41) is 7.93. The Morgan fingerprint density at radius 1 is 1.00 bits per heavy atom. The number of nitrogens with two attached hydrogens (primary N) is 1. The summed E-state index contributed by atoms with van der Waals surface area (Å²) >= 11 is 0. The first-order valence-electron chi connectivity index (χ1n) is 12.7. The fourth-order valence-electron chi connectivity index (χ4n) is 5.56. The summed E-state index contributed by atoms with van der Waals surface area (Å²) in [6, 6.07) is 8.44. The summed E-state index contributed by atoms with van der Waals surface area (Å²) in [6.45, 7) is 4.48. The number of rotatable bonds is 5. The van der Waals surface area contributed by atoms with Gasteiger partial charge in [-0.2, -0.15) is 9.61 Å². The number of hydrogen-bond acceptors (Lipinski definition) is 5. The molecule has 2 fully saturated rings. The van der Waals surface area contributed by atoms with Crippen molar-refractivity contribution in [2.75, 3.05) is 5.32 Å². The topological polar surface area (TPSA) is 81.1 Å². The zero-order chi connectivity index (χ0) is 25.0. The first-order chi connectivity index (χ1) is 17.4. The van der Waals surface area contributed by atoms with Gasteiger partial charge in [0, 0.05) is 12.2 Å². The maximum absolute atomic E-state index is 15.0. The SMILES string of the molecule is CC1CC(c2ccncc2Nc2ncc3ccc(-c4c(F)cc(C5CC5)cc4F)nn23)CC(N)C1C. The van der Waals surface area contributed by atoms with Crippen LogP contribution in [0.25, 0.3) is 16.8 Å². The van der Waals surface area contributed by atoms with Crippen molar-refractivity contribution in [2.45, 2.75) is 57.4 Å². The highest BCUT2D eigenvalue weighted by atomic mass is 19.1. The Morgan fingerprint density at radius 3 is 2.50 bits per heavy atom. The van der Waals surface area contributed by atoms with Crippen LogP contribution in [0.15, 0.2) is 48.9 Å². The molecule has 6 nitrogen and oxygen atoms in total. The molecule has 186 valence electrons. The molecular formula is C28H30F2N6. The first kappa shape index (κ1) is 23.0. The first-order valence-corrected chi connectivity index (χ1v) is 12.7. The molecule has 2 saturated carbocycles. The van der Waals surface area contributed by atoms with Gasteiger partial charge in [-0.1, -0.05) is 13.8 Å². The number of fused-ring (bicyclic) bond motifs is 1. The van der Waals surface area contributed by atoms with Crippen LogP contribution in [-0.4, -0.2) is 25.6 Å². The van der Waals surface area contributed by atoms with Crippen molar-refractivity contribution in [1.29, 1.82) is 0 Å². The number of pyridine rings is 1. The minimum Gasteiger partial charge on any atom is -0.327 e. The predicted octanol–water partition coefficient (Wildman–Crippen LogP) is 6.17. The molecule has 0 saturated heterocycles. The maximum atomic E-state index is 15.0. The average Bonchev–Trinajstić information content (AvgIpc) is 3.64. The molecule has 0 radical (unpaired) electrons. The average molecular weight is 489 g/mol. The Bertz CT molecular complexity index is 1390. The number of nitrogens with one attached hydrogen (secondary N) is 1. The van der Waals surface area contributed by atoms with E-state index in [-0.39, 0.29) is 23.2 Å². The Kier molecular flexibility index (Phi) is 5.71. The molecule has 4 atom stereocenters. The Hall–Kier alpha value is -3.39. The molecule has 3 heterocycles. The summed E-state index contributed by atoms with van der Waals surface area (Å²) in [7, 11) is 0. The summed E-state index contributed by atoms with van der Waals surface area (Å²) in [6.07, 6.45) is 9.17. The number of benzene rings is 1. The van der Waals surface area contributed by atoms with Crippen LogP contribution in [0.1, 0.15) is 62.5 Å². The van der Waals surface area contributed by atoms with Gasteiger partial charge in [0.05, 0.1) is 34.9 Å². The van der Waals surface area contributed by atoms with Gasteiger partial charge in [0.1, 0.15) is 11.6 Å². The van der Waals surface area contributed by atoms with Crippen molar-refractivity contribution in [3.05, 3.63) is 71.7 Å². The van der Waals surface area contributed by atoms with E-state index >= 15 is 0 Å². The van der Waals surface area contributed by atoms with Gasteiger partial charge in [-0.3, -0.25) is 4.98 Å². The second kappa shape index (κ2) is 8.92. The molecule has 3 N–H and O–H groups in total. The molecule has 0 amide bonds. The number of imidazole rings is 1. The van der Waals surface area contributed by atoms with E-state index < -0.39 is 11.6 Å². The fraction of sp³-hybridized carbons (Fsp3) is 0.393. The third-order valence-electron chi connectivity index (χ3n) is 8.08. The summed E-state index contributed by atoms with van der Waals surface area (Å²) < 4.78 is 31.5. The lowest BCUT2D eigenvalue weighted by molar-refractivity contribution is 0.216. The highest BCUT2D eigenvalue weighted by Gasteiger charge is 2.32. The van der Waals surface area contributed by atoms with Gasteiger partial charge in [0.2, 0.25) is 5.95 Å². The lowest BCUT2D eigenvalue weighted by Crippen LogP contribution is -2.39. The van der Waals surface area contributed by atoms with E-state index in [9.17, 15) is 8.78 Å². The molecule has 1 aromatic carbocycles. The van der Waals surface area contributed by atoms with Crippen LogP contribution >= 0.6 is 0 Å². The smallest absolute Gasteiger partial charge is 0.229 e. The Morgan fingerprint density at radius 2 is 1.78 bits per heavy atom. The van der Waals surface area contributed by atoms with Crippen molar-refractivity contribution in [1.82, 2.24) is 19.6 Å². The van der Waals surface area contributed by atoms with Gasteiger partial charge in [-0.15, -0.1) is 0 Å². The van der Waals surface area contributed by atoms with E-state index in [0.717, 1.165) is 42.5 Å². The third-order valence-corrected chi connectivity index (χ3v) is 8.08. The molecule has 2 aliphatic carbocycles. The number of halogens is 2. The third kappa shape index (κ3) is 4.13. The van der Waals surface area contributed by atoms with Gasteiger partial charge < -0.3 is 11.1 Å². The number of hydrogen-bond donors (Lipinski definition) is 2. The Labute approximate surface area is 209 Å². The van der Waals surface area contributed by atoms with Gasteiger partial charge in [-0.05, 0) is 90.8 Å². The number of anilines is 2. The van der Waals surface area contributed by atoms with E-state index in [4.69, 9.17) is 5.73 Å². The largest absolute Gasteiger partial charge is 0.327 e. The van der Waals surface area contributed by atoms with Crippen LogP contribution < -0.4 is 11.1 Å². The predicted molar refractivity (Wildman–Crippen MR) is 136 cm³/mol. The molecule has 36 heavy (non-hydrogen) atoms. The number of nitrogens with zero attached hydrogens (tertiary/aromatic N) is 4. The van der Waals surface area contributed by atoms with Crippen LogP contribution in [-0.2, 0) is 0 Å². The molecule has 0 bridgehead atoms. The van der Waals surface area contributed by atoms with Crippen LogP contribution in [0.5, 0.6) is 0 Å². The van der Waals surface area contributed by atoms with Crippen LogP contribution in [0.3, 0.4) is 0 Å². The quantitative estimate of drug-likeness (QED) is 0.351. The molecule has 2 aliphatic rings. The van der Waals surface area contributed by atoms with Crippen LogP contribution in [0.4, 0.5) is 20.4 Å². The Balaban J connectivity index is 1.34. The molecule has 4 unspecified atom stereocenters. The van der Waals surface area contributed by atoms with E-state index in [1.165, 1.54) is 12.1 Å². The van der Waals surface area contributed by atoms with E-state index in [0.29, 0.717) is 29.2 Å². The molecule has 3 aromatic heterocycles. The van der Waals surface area contributed by atoms with Gasteiger partial charge in [-0.25, -0.2) is 13.8 Å². The second-order valence-corrected chi connectivity index (χ2v) is 10.5. The van der Waals surface area contributed by atoms with Gasteiger partial charge in [0.25, 0.3) is 0 Å². The summed E-state index contributed by atoms with van der Waals surface area (Å²) in [4.78, 5) is 8.81. The van der Waals surface area contributed by atoms with Crippen molar-refractivity contribution in [3.63, 3.8) is 0 Å². The van der Waals surface area contributed by atoms with Crippen molar-refractivity contribution in [2.24, 2.45) is 17.6 Å². The zero-order valence-electron chi connectivity index (χ0n) is 20.5. The normalized spacial score (nSPS) is 24.2. The maximum Gasteiger partial charge on any atom is 0.229 e. The molecule has 8 heteroatoms. The minimum absolute atomic E-state index is 0.123. The monoisotopic (exact) mass is 488 g/mol. The van der Waals surface area contributed by atoms with Crippen molar-refractivity contribution < 1.29 is 8.78 Å². The molecule has 6 rings (SSSR count). The second-order valence-electron chi connectivity index (χ2n) is 10.5. The standard InChI is InChI=1S/C28H30F2N6/c1-15-9-19(12-24(31)16(15)2)21-7-8-32-14-26(21)34-28-33-13-20-5-6-25(35-36(20)28)27-22(29)10-18(11-23(27)30)17-3-4-17/h5-8,10-11,13-17,19,24H,3-4,9,12,31H2,1-2H3,(H,33,34). The summed E-state index contributed by atoms with van der Waals surface area (Å²) in [5.41, 5.74) is 9.96. The van der Waals surface area contributed by atoms with E-state index in [2.05, 4.69) is 34.2 Å². The van der Waals surface area contributed by atoms with Crippen molar-refractivity contribution >= 4 is 17.2 Å². The van der Waals surface area contributed by atoms with E-state index in [1.807, 2.05) is 6.07 Å².